The van der Waals surface area contributed by atoms with Crippen LogP contribution in [0.1, 0.15) is 50.3 Å². The molecule has 1 aliphatic carbocycles. The molecule has 104 valence electrons. The van der Waals surface area contributed by atoms with Crippen molar-refractivity contribution in [2.45, 2.75) is 50.5 Å². The summed E-state index contributed by atoms with van der Waals surface area (Å²) in [6, 6.07) is 2.00. The van der Waals surface area contributed by atoms with Gasteiger partial charge in [-0.05, 0) is 38.6 Å². The quantitative estimate of drug-likeness (QED) is 0.846. The molecule has 1 aromatic rings. The number of hydrogen-bond donors (Lipinski definition) is 2. The lowest BCUT2D eigenvalue weighted by atomic mass is 10.0. The smallest absolute Gasteiger partial charge is 0.254 e. The Morgan fingerprint density at radius 2 is 2.21 bits per heavy atom. The molecule has 1 saturated carbocycles. The molecule has 0 radical (unpaired) electrons. The molecule has 19 heavy (non-hydrogen) atoms. The topological polar surface area (TPSA) is 67.0 Å². The van der Waals surface area contributed by atoms with Crippen LogP contribution in [0.5, 0.6) is 5.88 Å². The third-order valence-electron chi connectivity index (χ3n) is 3.83. The summed E-state index contributed by atoms with van der Waals surface area (Å²) in [4.78, 5) is 18.7. The molecular formula is C14H21N3O2. The van der Waals surface area contributed by atoms with E-state index in [1.165, 1.54) is 25.3 Å². The lowest BCUT2D eigenvalue weighted by molar-refractivity contribution is 0.259. The summed E-state index contributed by atoms with van der Waals surface area (Å²) >= 11 is 0. The van der Waals surface area contributed by atoms with E-state index < -0.39 is 0 Å². The second kappa shape index (κ2) is 5.74. The highest BCUT2D eigenvalue weighted by atomic mass is 16.5. The highest BCUT2D eigenvalue weighted by Crippen LogP contribution is 2.37. The van der Waals surface area contributed by atoms with E-state index in [4.69, 9.17) is 4.74 Å². The zero-order chi connectivity index (χ0) is 13.1. The first-order chi connectivity index (χ1) is 9.31. The minimum Gasteiger partial charge on any atom is -0.477 e. The number of H-pyrrole nitrogens is 1. The van der Waals surface area contributed by atoms with Crippen LogP contribution in [0.15, 0.2) is 10.9 Å². The highest BCUT2D eigenvalue weighted by molar-refractivity contribution is 5.14. The third-order valence-corrected chi connectivity index (χ3v) is 3.83. The molecule has 1 saturated heterocycles. The number of aromatic nitrogens is 2. The van der Waals surface area contributed by atoms with Crippen molar-refractivity contribution in [2.75, 3.05) is 13.2 Å². The van der Waals surface area contributed by atoms with Gasteiger partial charge in [0, 0.05) is 12.0 Å². The number of hydrogen-bond acceptors (Lipinski definition) is 4. The monoisotopic (exact) mass is 263 g/mol. The zero-order valence-electron chi connectivity index (χ0n) is 11.2. The van der Waals surface area contributed by atoms with Crippen LogP contribution in [0.3, 0.4) is 0 Å². The average Bonchev–Trinajstić information content (AvgIpc) is 3.24. The van der Waals surface area contributed by atoms with Gasteiger partial charge in [0.05, 0.1) is 12.7 Å². The molecule has 0 bridgehead atoms. The molecule has 1 aliphatic heterocycles. The average molecular weight is 263 g/mol. The van der Waals surface area contributed by atoms with Crippen molar-refractivity contribution >= 4 is 0 Å². The van der Waals surface area contributed by atoms with Crippen LogP contribution in [-0.4, -0.2) is 29.2 Å². The van der Waals surface area contributed by atoms with Crippen LogP contribution in [0.2, 0.25) is 0 Å². The van der Waals surface area contributed by atoms with E-state index in [2.05, 4.69) is 15.3 Å². The third kappa shape index (κ3) is 3.56. The minimum absolute atomic E-state index is 0.109. The van der Waals surface area contributed by atoms with E-state index in [0.29, 0.717) is 24.4 Å². The number of nitrogens with zero attached hydrogens (tertiary/aromatic N) is 1. The van der Waals surface area contributed by atoms with Crippen molar-refractivity contribution < 1.29 is 4.74 Å². The number of piperidine rings is 1. The van der Waals surface area contributed by atoms with Crippen molar-refractivity contribution in [1.82, 2.24) is 15.3 Å². The largest absolute Gasteiger partial charge is 0.477 e. The molecule has 0 aromatic carbocycles. The molecule has 5 heteroatoms. The van der Waals surface area contributed by atoms with Crippen LogP contribution < -0.4 is 15.6 Å². The first-order valence-corrected chi connectivity index (χ1v) is 7.29. The number of nitrogens with one attached hydrogen (secondary N) is 2. The summed E-state index contributed by atoms with van der Waals surface area (Å²) in [5.41, 5.74) is -0.109. The van der Waals surface area contributed by atoms with Gasteiger partial charge in [-0.2, -0.15) is 4.98 Å². The summed E-state index contributed by atoms with van der Waals surface area (Å²) in [5, 5.41) is 3.49. The summed E-state index contributed by atoms with van der Waals surface area (Å²) in [7, 11) is 0. The molecule has 1 aromatic heterocycles. The summed E-state index contributed by atoms with van der Waals surface area (Å²) in [6.45, 7) is 1.73. The fraction of sp³-hybridized carbons (Fsp3) is 0.714. The van der Waals surface area contributed by atoms with E-state index in [1.54, 1.807) is 0 Å². The minimum atomic E-state index is -0.109. The number of rotatable bonds is 5. The van der Waals surface area contributed by atoms with Crippen molar-refractivity contribution in [1.29, 1.82) is 0 Å². The van der Waals surface area contributed by atoms with E-state index >= 15 is 0 Å². The molecule has 2 heterocycles. The van der Waals surface area contributed by atoms with Crippen LogP contribution in [0.4, 0.5) is 0 Å². The fourth-order valence-corrected chi connectivity index (χ4v) is 2.55. The van der Waals surface area contributed by atoms with Crippen molar-refractivity contribution in [3.8, 4) is 5.88 Å². The Balaban J connectivity index is 1.52. The normalized spacial score (nSPS) is 23.3. The molecule has 2 N–H and O–H groups in total. The van der Waals surface area contributed by atoms with Gasteiger partial charge in [-0.3, -0.25) is 4.79 Å². The summed E-state index contributed by atoms with van der Waals surface area (Å²) in [5.74, 6) is 1.70. The van der Waals surface area contributed by atoms with Crippen LogP contribution in [-0.2, 0) is 0 Å². The Morgan fingerprint density at radius 3 is 2.95 bits per heavy atom. The predicted octanol–water partition coefficient (Wildman–Crippen LogP) is 1.56. The molecule has 0 spiro atoms. The van der Waals surface area contributed by atoms with E-state index in [0.717, 1.165) is 31.6 Å². The van der Waals surface area contributed by atoms with Gasteiger partial charge in [0.25, 0.3) is 5.56 Å². The maximum Gasteiger partial charge on any atom is 0.254 e. The van der Waals surface area contributed by atoms with Gasteiger partial charge in [-0.15, -0.1) is 0 Å². The van der Waals surface area contributed by atoms with Crippen LogP contribution in [0, 0.1) is 0 Å². The van der Waals surface area contributed by atoms with E-state index in [9.17, 15) is 4.79 Å². The van der Waals surface area contributed by atoms with Gasteiger partial charge in [-0.25, -0.2) is 0 Å². The van der Waals surface area contributed by atoms with Crippen LogP contribution in [0.25, 0.3) is 0 Å². The Labute approximate surface area is 112 Å². The Hall–Kier alpha value is -1.36. The summed E-state index contributed by atoms with van der Waals surface area (Å²) in [6.07, 6.45) is 7.02. The number of aromatic amines is 1. The van der Waals surface area contributed by atoms with Gasteiger partial charge < -0.3 is 15.0 Å². The second-order valence-electron chi connectivity index (χ2n) is 5.53. The molecule has 1 unspecified atom stereocenters. The van der Waals surface area contributed by atoms with E-state index in [-0.39, 0.29) is 5.56 Å². The van der Waals surface area contributed by atoms with Crippen molar-refractivity contribution in [3.63, 3.8) is 0 Å². The van der Waals surface area contributed by atoms with Gasteiger partial charge in [0.2, 0.25) is 5.88 Å². The first kappa shape index (κ1) is 12.7. The molecule has 1 atom stereocenters. The first-order valence-electron chi connectivity index (χ1n) is 7.29. The van der Waals surface area contributed by atoms with Crippen LogP contribution >= 0.6 is 0 Å². The lowest BCUT2D eigenvalue weighted by Crippen LogP contribution is -2.35. The molecule has 2 aliphatic rings. The summed E-state index contributed by atoms with van der Waals surface area (Å²) < 4.78 is 5.64. The molecular weight excluding hydrogens is 242 g/mol. The van der Waals surface area contributed by atoms with Crippen molar-refractivity contribution in [2.24, 2.45) is 0 Å². The second-order valence-corrected chi connectivity index (χ2v) is 5.53. The fourth-order valence-electron chi connectivity index (χ4n) is 2.55. The Morgan fingerprint density at radius 1 is 1.32 bits per heavy atom. The molecule has 2 fully saturated rings. The SMILES string of the molecule is O=c1cc(OCCC2CCCCN2)nc(C2CC2)[nH]1. The predicted molar refractivity (Wildman–Crippen MR) is 72.6 cm³/mol. The maximum absolute atomic E-state index is 11.5. The lowest BCUT2D eigenvalue weighted by Gasteiger charge is -2.23. The zero-order valence-corrected chi connectivity index (χ0v) is 11.2. The Kier molecular flexibility index (Phi) is 3.82. The Bertz CT molecular complexity index is 476. The maximum atomic E-state index is 11.5. The standard InChI is InChI=1S/C14H21N3O2/c18-12-9-13(17-14(16-12)10-4-5-10)19-8-6-11-3-1-2-7-15-11/h9-11,15H,1-8H2,(H,16,17,18). The van der Waals surface area contributed by atoms with Gasteiger partial charge in [0.15, 0.2) is 0 Å². The van der Waals surface area contributed by atoms with Gasteiger partial charge in [-0.1, -0.05) is 6.42 Å². The van der Waals surface area contributed by atoms with Crippen molar-refractivity contribution in [3.05, 3.63) is 22.2 Å². The molecule has 5 nitrogen and oxygen atoms in total. The van der Waals surface area contributed by atoms with E-state index in [1.807, 2.05) is 0 Å². The van der Waals surface area contributed by atoms with Gasteiger partial charge in [0.1, 0.15) is 5.82 Å². The number of ether oxygens (including phenoxy) is 1. The van der Waals surface area contributed by atoms with Gasteiger partial charge >= 0.3 is 0 Å². The highest BCUT2D eigenvalue weighted by Gasteiger charge is 2.26. The molecule has 3 rings (SSSR count). The molecule has 0 amide bonds.